The molecule has 0 aliphatic heterocycles. The highest BCUT2D eigenvalue weighted by atomic mass is 35.5. The van der Waals surface area contributed by atoms with Crippen molar-refractivity contribution in [3.8, 4) is 0 Å². The molecule has 5 nitrogen and oxygen atoms in total. The number of nitrogens with zero attached hydrogens (tertiary/aromatic N) is 3. The molecule has 3 heterocycles. The Balaban J connectivity index is 1.64. The van der Waals surface area contributed by atoms with Crippen molar-refractivity contribution in [1.29, 1.82) is 0 Å². The molecule has 0 saturated heterocycles. The maximum absolute atomic E-state index is 12.2. The quantitative estimate of drug-likeness (QED) is 0.766. The van der Waals surface area contributed by atoms with Crippen molar-refractivity contribution in [1.82, 2.24) is 19.7 Å². The van der Waals surface area contributed by atoms with E-state index in [1.54, 1.807) is 17.6 Å². The zero-order valence-corrected chi connectivity index (χ0v) is 14.5. The number of carbonyl (C=O) groups is 1. The van der Waals surface area contributed by atoms with Gasteiger partial charge in [-0.05, 0) is 18.1 Å². The number of fused-ring (bicyclic) bond motifs is 1. The molecule has 23 heavy (non-hydrogen) atoms. The fourth-order valence-corrected chi connectivity index (χ4v) is 3.38. The van der Waals surface area contributed by atoms with E-state index in [0.29, 0.717) is 23.2 Å². The number of pyridine rings is 1. The summed E-state index contributed by atoms with van der Waals surface area (Å²) in [5.41, 5.74) is 2.04. The van der Waals surface area contributed by atoms with Gasteiger partial charge in [0.25, 0.3) is 5.91 Å². The highest BCUT2D eigenvalue weighted by molar-refractivity contribution is 7.09. The van der Waals surface area contributed by atoms with Crippen LogP contribution in [0.1, 0.15) is 35.0 Å². The molecular weight excluding hydrogens is 332 g/mol. The van der Waals surface area contributed by atoms with E-state index in [-0.39, 0.29) is 5.91 Å². The van der Waals surface area contributed by atoms with Gasteiger partial charge in [0.05, 0.1) is 22.3 Å². The predicted octanol–water partition coefficient (Wildman–Crippen LogP) is 3.57. The standard InChI is InChI=1S/C16H17ClN4OS/c1-10(2)5-15-20-13(9-23-15)16(22)18-6-12-8-21-7-11(17)3-4-14(21)19-12/h3-4,7-10H,5-6H2,1-2H3,(H,18,22). The summed E-state index contributed by atoms with van der Waals surface area (Å²) in [6.45, 7) is 4.63. The molecule has 1 amide bonds. The number of halogens is 1. The summed E-state index contributed by atoms with van der Waals surface area (Å²) in [6, 6.07) is 3.63. The first-order valence-corrected chi connectivity index (χ1v) is 8.63. The predicted molar refractivity (Wildman–Crippen MR) is 92.0 cm³/mol. The SMILES string of the molecule is CC(C)Cc1nc(C(=O)NCc2cn3cc(Cl)ccc3n2)cs1. The van der Waals surface area contributed by atoms with Crippen LogP contribution in [0.5, 0.6) is 0 Å². The number of hydrogen-bond donors (Lipinski definition) is 1. The third-order valence-corrected chi connectivity index (χ3v) is 4.36. The van der Waals surface area contributed by atoms with E-state index in [4.69, 9.17) is 11.6 Å². The molecule has 1 N–H and O–H groups in total. The fraction of sp³-hybridized carbons (Fsp3) is 0.312. The first kappa shape index (κ1) is 16.0. The number of carbonyl (C=O) groups excluding carboxylic acids is 1. The Morgan fingerprint density at radius 1 is 1.35 bits per heavy atom. The Labute approximate surface area is 143 Å². The summed E-state index contributed by atoms with van der Waals surface area (Å²) < 4.78 is 1.84. The van der Waals surface area contributed by atoms with E-state index in [9.17, 15) is 4.79 Å². The average molecular weight is 349 g/mol. The highest BCUT2D eigenvalue weighted by Gasteiger charge is 2.12. The lowest BCUT2D eigenvalue weighted by atomic mass is 10.1. The third-order valence-electron chi connectivity index (χ3n) is 3.26. The van der Waals surface area contributed by atoms with Crippen LogP contribution in [0.2, 0.25) is 5.02 Å². The van der Waals surface area contributed by atoms with Gasteiger partial charge in [0, 0.05) is 24.2 Å². The van der Waals surface area contributed by atoms with Crippen LogP contribution in [-0.4, -0.2) is 20.3 Å². The molecule has 0 unspecified atom stereocenters. The van der Waals surface area contributed by atoms with Crippen LogP contribution in [0.15, 0.2) is 29.9 Å². The van der Waals surface area contributed by atoms with Crippen LogP contribution in [0, 0.1) is 5.92 Å². The molecule has 7 heteroatoms. The second-order valence-corrected chi connectivity index (χ2v) is 7.13. The van der Waals surface area contributed by atoms with Gasteiger partial charge in [-0.1, -0.05) is 25.4 Å². The minimum Gasteiger partial charge on any atom is -0.345 e. The molecule has 0 saturated carbocycles. The first-order valence-electron chi connectivity index (χ1n) is 7.37. The van der Waals surface area contributed by atoms with Crippen LogP contribution in [0.25, 0.3) is 5.65 Å². The summed E-state index contributed by atoms with van der Waals surface area (Å²) >= 11 is 7.48. The monoisotopic (exact) mass is 348 g/mol. The normalized spacial score (nSPS) is 11.3. The molecule has 0 spiro atoms. The number of amides is 1. The second kappa shape index (κ2) is 6.68. The van der Waals surface area contributed by atoms with E-state index in [2.05, 4.69) is 29.1 Å². The summed E-state index contributed by atoms with van der Waals surface area (Å²) in [4.78, 5) is 21.0. The van der Waals surface area contributed by atoms with Crippen molar-refractivity contribution in [2.75, 3.05) is 0 Å². The average Bonchev–Trinajstić information content (AvgIpc) is 3.10. The number of imidazole rings is 1. The fourth-order valence-electron chi connectivity index (χ4n) is 2.22. The maximum atomic E-state index is 12.2. The Hall–Kier alpha value is -1.92. The molecule has 0 atom stereocenters. The van der Waals surface area contributed by atoms with Crippen LogP contribution in [-0.2, 0) is 13.0 Å². The number of hydrogen-bond acceptors (Lipinski definition) is 4. The van der Waals surface area contributed by atoms with Crippen molar-refractivity contribution in [2.24, 2.45) is 5.92 Å². The van der Waals surface area contributed by atoms with Crippen LogP contribution in [0.4, 0.5) is 0 Å². The maximum Gasteiger partial charge on any atom is 0.271 e. The molecular formula is C16H17ClN4OS. The van der Waals surface area contributed by atoms with Gasteiger partial charge in [0.1, 0.15) is 11.3 Å². The lowest BCUT2D eigenvalue weighted by molar-refractivity contribution is 0.0946. The van der Waals surface area contributed by atoms with E-state index >= 15 is 0 Å². The van der Waals surface area contributed by atoms with Crippen molar-refractivity contribution >= 4 is 34.5 Å². The molecule has 3 aromatic rings. The Morgan fingerprint density at radius 2 is 2.17 bits per heavy atom. The van der Waals surface area contributed by atoms with E-state index < -0.39 is 0 Å². The van der Waals surface area contributed by atoms with Gasteiger partial charge in [-0.15, -0.1) is 11.3 Å². The summed E-state index contributed by atoms with van der Waals surface area (Å²) in [5.74, 6) is 0.355. The molecule has 0 bridgehead atoms. The van der Waals surface area contributed by atoms with Gasteiger partial charge in [-0.2, -0.15) is 0 Å². The Kier molecular flexibility index (Phi) is 4.63. The minimum absolute atomic E-state index is 0.175. The second-order valence-electron chi connectivity index (χ2n) is 5.75. The molecule has 0 aromatic carbocycles. The summed E-state index contributed by atoms with van der Waals surface area (Å²) in [7, 11) is 0. The van der Waals surface area contributed by atoms with Gasteiger partial charge in [0.15, 0.2) is 0 Å². The van der Waals surface area contributed by atoms with E-state index in [0.717, 1.165) is 22.8 Å². The van der Waals surface area contributed by atoms with Crippen LogP contribution in [0.3, 0.4) is 0 Å². The molecule has 0 aliphatic rings. The lowest BCUT2D eigenvalue weighted by Crippen LogP contribution is -2.23. The van der Waals surface area contributed by atoms with Crippen LogP contribution < -0.4 is 5.32 Å². The van der Waals surface area contributed by atoms with E-state index in [1.165, 1.54) is 11.3 Å². The lowest BCUT2D eigenvalue weighted by Gasteiger charge is -2.00. The van der Waals surface area contributed by atoms with Gasteiger partial charge < -0.3 is 9.72 Å². The minimum atomic E-state index is -0.175. The molecule has 3 rings (SSSR count). The topological polar surface area (TPSA) is 59.3 Å². The smallest absolute Gasteiger partial charge is 0.271 e. The van der Waals surface area contributed by atoms with E-state index in [1.807, 2.05) is 16.7 Å². The molecule has 0 fully saturated rings. The first-order chi connectivity index (χ1) is 11.0. The van der Waals surface area contributed by atoms with Crippen molar-refractivity contribution in [2.45, 2.75) is 26.8 Å². The highest BCUT2D eigenvalue weighted by Crippen LogP contribution is 2.15. The zero-order chi connectivity index (χ0) is 16.4. The number of rotatable bonds is 5. The Bertz CT molecular complexity index is 840. The number of nitrogens with one attached hydrogen (secondary N) is 1. The molecule has 0 radical (unpaired) electrons. The van der Waals surface area contributed by atoms with Gasteiger partial charge in [-0.3, -0.25) is 4.79 Å². The van der Waals surface area contributed by atoms with Crippen molar-refractivity contribution < 1.29 is 4.79 Å². The molecule has 0 aliphatic carbocycles. The van der Waals surface area contributed by atoms with Crippen molar-refractivity contribution in [3.05, 3.63) is 51.3 Å². The zero-order valence-electron chi connectivity index (χ0n) is 12.9. The third kappa shape index (κ3) is 3.89. The Morgan fingerprint density at radius 3 is 2.96 bits per heavy atom. The summed E-state index contributed by atoms with van der Waals surface area (Å²) in [6.07, 6.45) is 4.53. The molecule has 3 aromatic heterocycles. The molecule has 120 valence electrons. The summed E-state index contributed by atoms with van der Waals surface area (Å²) in [5, 5.41) is 6.29. The van der Waals surface area contributed by atoms with Gasteiger partial charge in [0.2, 0.25) is 0 Å². The number of thiazole rings is 1. The van der Waals surface area contributed by atoms with Gasteiger partial charge in [-0.25, -0.2) is 9.97 Å². The van der Waals surface area contributed by atoms with Crippen molar-refractivity contribution in [3.63, 3.8) is 0 Å². The van der Waals surface area contributed by atoms with Gasteiger partial charge >= 0.3 is 0 Å². The number of aromatic nitrogens is 3. The largest absolute Gasteiger partial charge is 0.345 e. The van der Waals surface area contributed by atoms with Crippen LogP contribution >= 0.6 is 22.9 Å².